The van der Waals surface area contributed by atoms with Gasteiger partial charge in [0, 0.05) is 55.7 Å². The van der Waals surface area contributed by atoms with Gasteiger partial charge in [0.25, 0.3) is 5.91 Å². The van der Waals surface area contributed by atoms with Gasteiger partial charge in [0.05, 0.1) is 0 Å². The van der Waals surface area contributed by atoms with E-state index in [9.17, 15) is 14.4 Å². The molecule has 2 N–H and O–H groups in total. The van der Waals surface area contributed by atoms with Gasteiger partial charge in [0.1, 0.15) is 6.54 Å². The Kier molecular flexibility index (Phi) is 9.62. The lowest BCUT2D eigenvalue weighted by Crippen LogP contribution is -2.53. The monoisotopic (exact) mass is 519 g/mol. The van der Waals surface area contributed by atoms with Crippen molar-refractivity contribution in [3.8, 4) is 0 Å². The Labute approximate surface area is 226 Å². The van der Waals surface area contributed by atoms with Crippen LogP contribution in [0, 0.1) is 6.92 Å². The number of anilines is 2. The minimum absolute atomic E-state index is 0.00713. The van der Waals surface area contributed by atoms with Gasteiger partial charge in [-0.2, -0.15) is 0 Å². The summed E-state index contributed by atoms with van der Waals surface area (Å²) < 4.78 is 0. The van der Waals surface area contributed by atoms with Crippen molar-refractivity contribution in [3.63, 3.8) is 0 Å². The summed E-state index contributed by atoms with van der Waals surface area (Å²) >= 11 is 0. The molecule has 8 nitrogen and oxygen atoms in total. The SMILES string of the molecule is CCCN(CC(=O)Nc1ccc(N2CCN(C(=O)NC3CCCCC3)CC2)cc1)C(=O)c1ccc(C)cc1. The third-order valence-electron chi connectivity index (χ3n) is 7.43. The molecule has 0 unspecified atom stereocenters. The molecule has 204 valence electrons. The summed E-state index contributed by atoms with van der Waals surface area (Å²) in [6.45, 7) is 7.44. The summed E-state index contributed by atoms with van der Waals surface area (Å²) in [7, 11) is 0. The molecule has 2 aromatic rings. The Morgan fingerprint density at radius 1 is 0.895 bits per heavy atom. The number of nitrogens with zero attached hydrogens (tertiary/aromatic N) is 3. The van der Waals surface area contributed by atoms with Crippen LogP contribution < -0.4 is 15.5 Å². The summed E-state index contributed by atoms with van der Waals surface area (Å²) in [6, 6.07) is 15.6. The first kappa shape index (κ1) is 27.5. The van der Waals surface area contributed by atoms with Crippen LogP contribution in [0.3, 0.4) is 0 Å². The van der Waals surface area contributed by atoms with Gasteiger partial charge in [0.15, 0.2) is 0 Å². The largest absolute Gasteiger partial charge is 0.368 e. The van der Waals surface area contributed by atoms with Crippen molar-refractivity contribution in [2.24, 2.45) is 0 Å². The van der Waals surface area contributed by atoms with Crippen LogP contribution in [-0.4, -0.2) is 73.0 Å². The first-order valence-corrected chi connectivity index (χ1v) is 14.0. The molecule has 2 fully saturated rings. The maximum Gasteiger partial charge on any atom is 0.317 e. The first-order chi connectivity index (χ1) is 18.4. The number of nitrogens with one attached hydrogen (secondary N) is 2. The number of hydrogen-bond donors (Lipinski definition) is 2. The van der Waals surface area contributed by atoms with Crippen molar-refractivity contribution in [1.82, 2.24) is 15.1 Å². The number of rotatable bonds is 8. The Bertz CT molecular complexity index is 1070. The van der Waals surface area contributed by atoms with Crippen molar-refractivity contribution in [3.05, 3.63) is 59.7 Å². The Morgan fingerprint density at radius 2 is 1.55 bits per heavy atom. The van der Waals surface area contributed by atoms with Gasteiger partial charge in [0.2, 0.25) is 5.91 Å². The summed E-state index contributed by atoms with van der Waals surface area (Å²) in [5.41, 5.74) is 3.44. The van der Waals surface area contributed by atoms with Crippen LogP contribution in [0.5, 0.6) is 0 Å². The molecular weight excluding hydrogens is 478 g/mol. The van der Waals surface area contributed by atoms with Crippen molar-refractivity contribution in [2.45, 2.75) is 58.4 Å². The molecule has 1 aliphatic heterocycles. The Morgan fingerprint density at radius 3 is 2.18 bits per heavy atom. The summed E-state index contributed by atoms with van der Waals surface area (Å²) in [6.07, 6.45) is 6.64. The van der Waals surface area contributed by atoms with E-state index in [1.54, 1.807) is 17.0 Å². The van der Waals surface area contributed by atoms with Crippen LogP contribution in [0.2, 0.25) is 0 Å². The fraction of sp³-hybridized carbons (Fsp3) is 0.500. The Balaban J connectivity index is 1.25. The zero-order valence-electron chi connectivity index (χ0n) is 22.7. The van der Waals surface area contributed by atoms with Crippen LogP contribution in [0.4, 0.5) is 16.2 Å². The molecule has 0 spiro atoms. The molecule has 1 aliphatic carbocycles. The second kappa shape index (κ2) is 13.3. The third-order valence-corrected chi connectivity index (χ3v) is 7.43. The van der Waals surface area contributed by atoms with Crippen molar-refractivity contribution >= 4 is 29.2 Å². The molecule has 38 heavy (non-hydrogen) atoms. The van der Waals surface area contributed by atoms with E-state index in [0.29, 0.717) is 36.9 Å². The fourth-order valence-corrected chi connectivity index (χ4v) is 5.21. The maximum atomic E-state index is 12.9. The number of amides is 4. The minimum Gasteiger partial charge on any atom is -0.368 e. The van der Waals surface area contributed by atoms with Gasteiger partial charge in [-0.3, -0.25) is 9.59 Å². The van der Waals surface area contributed by atoms with Gasteiger partial charge >= 0.3 is 6.03 Å². The number of carbonyl (C=O) groups excluding carboxylic acids is 3. The molecule has 0 atom stereocenters. The van der Waals surface area contributed by atoms with Crippen LogP contribution in [0.15, 0.2) is 48.5 Å². The molecule has 1 saturated carbocycles. The van der Waals surface area contributed by atoms with Crippen LogP contribution in [0.25, 0.3) is 0 Å². The minimum atomic E-state index is -0.218. The first-order valence-electron chi connectivity index (χ1n) is 14.0. The average molecular weight is 520 g/mol. The van der Waals surface area contributed by atoms with E-state index < -0.39 is 0 Å². The second-order valence-electron chi connectivity index (χ2n) is 10.4. The quantitative estimate of drug-likeness (QED) is 0.532. The highest BCUT2D eigenvalue weighted by molar-refractivity contribution is 5.99. The van der Waals surface area contributed by atoms with E-state index >= 15 is 0 Å². The van der Waals surface area contributed by atoms with Gasteiger partial charge in [-0.1, -0.05) is 43.9 Å². The zero-order chi connectivity index (χ0) is 26.9. The molecule has 2 aliphatic rings. The molecule has 8 heteroatoms. The van der Waals surface area contributed by atoms with Crippen molar-refractivity contribution < 1.29 is 14.4 Å². The lowest BCUT2D eigenvalue weighted by atomic mass is 9.96. The number of benzene rings is 2. The lowest BCUT2D eigenvalue weighted by Gasteiger charge is -2.37. The highest BCUT2D eigenvalue weighted by Gasteiger charge is 2.24. The second-order valence-corrected chi connectivity index (χ2v) is 10.4. The van der Waals surface area contributed by atoms with E-state index in [0.717, 1.165) is 43.6 Å². The molecule has 0 radical (unpaired) electrons. The molecule has 4 rings (SSSR count). The molecule has 0 bridgehead atoms. The number of urea groups is 1. The van der Waals surface area contributed by atoms with E-state index in [-0.39, 0.29) is 24.4 Å². The highest BCUT2D eigenvalue weighted by atomic mass is 16.2. The molecule has 2 aromatic carbocycles. The van der Waals surface area contributed by atoms with E-state index in [2.05, 4.69) is 15.5 Å². The zero-order valence-corrected chi connectivity index (χ0v) is 22.7. The Hall–Kier alpha value is -3.55. The molecule has 1 saturated heterocycles. The van der Waals surface area contributed by atoms with Crippen LogP contribution in [-0.2, 0) is 4.79 Å². The number of carbonyl (C=O) groups is 3. The molecule has 1 heterocycles. The number of aryl methyl sites for hydroxylation is 1. The standard InChI is InChI=1S/C30H41N5O3/c1-3-17-35(29(37)24-11-9-23(2)10-12-24)22-28(36)31-26-13-15-27(16-14-26)33-18-20-34(21-19-33)30(38)32-25-7-5-4-6-8-25/h9-16,25H,3-8,17-22H2,1-2H3,(H,31,36)(H,32,38). The molecular formula is C30H41N5O3. The maximum absolute atomic E-state index is 12.9. The van der Waals surface area contributed by atoms with Gasteiger partial charge in [-0.05, 0) is 62.6 Å². The number of hydrogen-bond acceptors (Lipinski definition) is 4. The van der Waals surface area contributed by atoms with Crippen LogP contribution in [0.1, 0.15) is 61.4 Å². The highest BCUT2D eigenvalue weighted by Crippen LogP contribution is 2.21. The molecule has 0 aromatic heterocycles. The molecule has 4 amide bonds. The lowest BCUT2D eigenvalue weighted by molar-refractivity contribution is -0.116. The predicted octanol–water partition coefficient (Wildman–Crippen LogP) is 4.65. The van der Waals surface area contributed by atoms with Gasteiger partial charge in [-0.25, -0.2) is 4.79 Å². The van der Waals surface area contributed by atoms with E-state index in [1.807, 2.05) is 55.1 Å². The summed E-state index contributed by atoms with van der Waals surface area (Å²) in [5.74, 6) is -0.354. The van der Waals surface area contributed by atoms with Crippen molar-refractivity contribution in [1.29, 1.82) is 0 Å². The summed E-state index contributed by atoms with van der Waals surface area (Å²) in [5, 5.41) is 6.14. The van der Waals surface area contributed by atoms with Gasteiger partial charge in [-0.15, -0.1) is 0 Å². The normalized spacial score (nSPS) is 16.2. The van der Waals surface area contributed by atoms with E-state index in [4.69, 9.17) is 0 Å². The third kappa shape index (κ3) is 7.49. The topological polar surface area (TPSA) is 85.0 Å². The fourth-order valence-electron chi connectivity index (χ4n) is 5.21. The average Bonchev–Trinajstić information content (AvgIpc) is 2.94. The van der Waals surface area contributed by atoms with Crippen molar-refractivity contribution in [2.75, 3.05) is 49.5 Å². The smallest absolute Gasteiger partial charge is 0.317 e. The van der Waals surface area contributed by atoms with Crippen LogP contribution >= 0.6 is 0 Å². The van der Waals surface area contributed by atoms with Gasteiger partial charge < -0.3 is 25.3 Å². The predicted molar refractivity (Wildman–Crippen MR) is 152 cm³/mol. The van der Waals surface area contributed by atoms with E-state index in [1.165, 1.54) is 19.3 Å². The number of piperazine rings is 1. The summed E-state index contributed by atoms with van der Waals surface area (Å²) in [4.78, 5) is 44.1.